The van der Waals surface area contributed by atoms with Crippen LogP contribution in [-0.2, 0) is 9.59 Å². The summed E-state index contributed by atoms with van der Waals surface area (Å²) in [5.41, 5.74) is 1.50. The summed E-state index contributed by atoms with van der Waals surface area (Å²) in [6, 6.07) is 0. The van der Waals surface area contributed by atoms with E-state index >= 15 is 0 Å². The fourth-order valence-electron chi connectivity index (χ4n) is 7.22. The third kappa shape index (κ3) is 2.36. The molecule has 0 heterocycles. The molecule has 3 fully saturated rings. The van der Waals surface area contributed by atoms with Gasteiger partial charge in [0.15, 0.2) is 0 Å². The van der Waals surface area contributed by atoms with Crippen LogP contribution in [0.4, 0.5) is 0 Å². The Morgan fingerprint density at radius 2 is 1.84 bits per heavy atom. The zero-order valence-corrected chi connectivity index (χ0v) is 15.3. The quantitative estimate of drug-likeness (QED) is 0.592. The molecule has 4 rings (SSSR count). The van der Waals surface area contributed by atoms with Gasteiger partial charge in [0.05, 0.1) is 6.10 Å². The van der Waals surface area contributed by atoms with E-state index in [1.807, 2.05) is 0 Å². The number of fused-ring (bicyclic) bond motifs is 5. The molecule has 3 saturated carbocycles. The monoisotopic (exact) mass is 346 g/mol. The highest BCUT2D eigenvalue weighted by atomic mass is 16.4. The fourth-order valence-corrected chi connectivity index (χ4v) is 7.22. The SMILES string of the molecule is C[C@]12CC[C@H]3[C@@H](CC=C4CC(O)CC[C@@]43C)[C@@H]1CC[C@@H]2C(=O)C(=O)O. The van der Waals surface area contributed by atoms with Crippen molar-refractivity contribution in [2.24, 2.45) is 34.5 Å². The van der Waals surface area contributed by atoms with Crippen LogP contribution >= 0.6 is 0 Å². The largest absolute Gasteiger partial charge is 0.475 e. The van der Waals surface area contributed by atoms with Crippen molar-refractivity contribution in [3.8, 4) is 0 Å². The van der Waals surface area contributed by atoms with Crippen LogP contribution in [0.5, 0.6) is 0 Å². The maximum atomic E-state index is 12.3. The minimum absolute atomic E-state index is 0.146. The van der Waals surface area contributed by atoms with E-state index in [2.05, 4.69) is 19.9 Å². The molecule has 4 nitrogen and oxygen atoms in total. The van der Waals surface area contributed by atoms with Crippen LogP contribution in [0.1, 0.15) is 65.2 Å². The Morgan fingerprint density at radius 1 is 1.08 bits per heavy atom. The molecule has 0 aliphatic heterocycles. The van der Waals surface area contributed by atoms with Gasteiger partial charge in [0.2, 0.25) is 5.78 Å². The molecular weight excluding hydrogens is 316 g/mol. The Hall–Kier alpha value is -1.16. The van der Waals surface area contributed by atoms with Gasteiger partial charge in [-0.25, -0.2) is 4.79 Å². The highest BCUT2D eigenvalue weighted by Gasteiger charge is 2.60. The molecule has 0 aromatic rings. The molecule has 25 heavy (non-hydrogen) atoms. The first-order chi connectivity index (χ1) is 11.8. The van der Waals surface area contributed by atoms with Gasteiger partial charge in [0.1, 0.15) is 0 Å². The van der Waals surface area contributed by atoms with E-state index in [9.17, 15) is 19.8 Å². The van der Waals surface area contributed by atoms with E-state index in [1.54, 1.807) is 0 Å². The molecule has 4 aliphatic rings. The van der Waals surface area contributed by atoms with Crippen molar-refractivity contribution in [1.29, 1.82) is 0 Å². The van der Waals surface area contributed by atoms with Crippen LogP contribution < -0.4 is 0 Å². The number of carboxylic acid groups (broad SMARTS) is 1. The second-order valence-corrected chi connectivity index (χ2v) is 9.50. The lowest BCUT2D eigenvalue weighted by atomic mass is 9.47. The number of allylic oxidation sites excluding steroid dienone is 1. The molecule has 0 spiro atoms. The van der Waals surface area contributed by atoms with Gasteiger partial charge in [-0.3, -0.25) is 4.79 Å². The van der Waals surface area contributed by atoms with Crippen molar-refractivity contribution in [3.63, 3.8) is 0 Å². The number of hydrogen-bond acceptors (Lipinski definition) is 3. The number of carbonyl (C=O) groups is 2. The molecule has 0 radical (unpaired) electrons. The summed E-state index contributed by atoms with van der Waals surface area (Å²) in [6.07, 6.45) is 9.78. The van der Waals surface area contributed by atoms with E-state index in [4.69, 9.17) is 0 Å². The Bertz CT molecular complexity index is 638. The first-order valence-corrected chi connectivity index (χ1v) is 9.92. The number of aliphatic hydroxyl groups excluding tert-OH is 1. The summed E-state index contributed by atoms with van der Waals surface area (Å²) in [5, 5.41) is 19.3. The highest BCUT2D eigenvalue weighted by molar-refractivity contribution is 6.33. The van der Waals surface area contributed by atoms with Gasteiger partial charge in [-0.15, -0.1) is 0 Å². The van der Waals surface area contributed by atoms with Crippen molar-refractivity contribution in [1.82, 2.24) is 0 Å². The Labute approximate surface area is 149 Å². The lowest BCUT2D eigenvalue weighted by Gasteiger charge is -2.57. The number of ketones is 1. The lowest BCUT2D eigenvalue weighted by molar-refractivity contribution is -0.154. The first kappa shape index (κ1) is 17.3. The van der Waals surface area contributed by atoms with Crippen LogP contribution in [0.3, 0.4) is 0 Å². The third-order valence-corrected chi connectivity index (χ3v) is 8.61. The van der Waals surface area contributed by atoms with E-state index in [0.29, 0.717) is 17.8 Å². The average Bonchev–Trinajstić information content (AvgIpc) is 2.92. The van der Waals surface area contributed by atoms with Crippen molar-refractivity contribution in [2.45, 2.75) is 71.3 Å². The molecule has 1 unspecified atom stereocenters. The number of aliphatic carboxylic acids is 1. The highest BCUT2D eigenvalue weighted by Crippen LogP contribution is 2.66. The summed E-state index contributed by atoms with van der Waals surface area (Å²) in [4.78, 5) is 23.5. The van der Waals surface area contributed by atoms with Gasteiger partial charge >= 0.3 is 5.97 Å². The molecule has 0 aromatic carbocycles. The molecule has 0 bridgehead atoms. The van der Waals surface area contributed by atoms with Crippen molar-refractivity contribution >= 4 is 11.8 Å². The molecule has 138 valence electrons. The minimum Gasteiger partial charge on any atom is -0.475 e. The fraction of sp³-hybridized carbons (Fsp3) is 0.810. The smallest absolute Gasteiger partial charge is 0.372 e. The minimum atomic E-state index is -1.26. The molecular formula is C21H30O4. The van der Waals surface area contributed by atoms with Crippen molar-refractivity contribution in [3.05, 3.63) is 11.6 Å². The number of aliphatic hydroxyl groups is 1. The van der Waals surface area contributed by atoms with E-state index in [1.165, 1.54) is 5.57 Å². The maximum Gasteiger partial charge on any atom is 0.372 e. The van der Waals surface area contributed by atoms with Crippen LogP contribution in [0.15, 0.2) is 11.6 Å². The van der Waals surface area contributed by atoms with Crippen LogP contribution in [0.25, 0.3) is 0 Å². The predicted octanol–water partition coefficient (Wildman–Crippen LogP) is 3.58. The van der Waals surface area contributed by atoms with E-state index in [-0.39, 0.29) is 22.9 Å². The lowest BCUT2D eigenvalue weighted by Crippen LogP contribution is -2.51. The van der Waals surface area contributed by atoms with Crippen molar-refractivity contribution in [2.75, 3.05) is 0 Å². The predicted molar refractivity (Wildman–Crippen MR) is 93.8 cm³/mol. The third-order valence-electron chi connectivity index (χ3n) is 8.61. The van der Waals surface area contributed by atoms with E-state index < -0.39 is 11.8 Å². The first-order valence-electron chi connectivity index (χ1n) is 9.92. The molecule has 2 N–H and O–H groups in total. The standard InChI is InChI=1S/C21H30O4/c1-20-9-7-13(22)11-12(20)3-4-14-15-5-6-17(18(23)19(24)25)21(15,2)10-8-16(14)20/h3,13-17,22H,4-11H2,1-2H3,(H,24,25)/t13?,14-,15-,16-,17+,20-,21-/m0/s1. The number of rotatable bonds is 2. The molecule has 0 amide bonds. The maximum absolute atomic E-state index is 12.3. The Kier molecular flexibility index (Phi) is 3.91. The van der Waals surface area contributed by atoms with Crippen LogP contribution in [-0.4, -0.2) is 28.1 Å². The molecule has 4 heteroatoms. The zero-order chi connectivity index (χ0) is 18.0. The van der Waals surface area contributed by atoms with E-state index in [0.717, 1.165) is 51.4 Å². The van der Waals surface area contributed by atoms with Gasteiger partial charge in [-0.2, -0.15) is 0 Å². The number of Topliss-reactive ketones (excluding diaryl/α,β-unsaturated/α-hetero) is 1. The number of hydrogen-bond donors (Lipinski definition) is 2. The van der Waals surface area contributed by atoms with Gasteiger partial charge in [-0.1, -0.05) is 25.5 Å². The summed E-state index contributed by atoms with van der Waals surface area (Å²) < 4.78 is 0. The second kappa shape index (κ2) is 5.67. The van der Waals surface area contributed by atoms with Crippen LogP contribution in [0.2, 0.25) is 0 Å². The molecule has 0 aromatic heterocycles. The number of carbonyl (C=O) groups excluding carboxylic acids is 1. The summed E-state index contributed by atoms with van der Waals surface area (Å²) in [7, 11) is 0. The zero-order valence-electron chi connectivity index (χ0n) is 15.3. The van der Waals surface area contributed by atoms with Gasteiger partial charge in [0, 0.05) is 5.92 Å². The average molecular weight is 346 g/mol. The Morgan fingerprint density at radius 3 is 2.56 bits per heavy atom. The summed E-state index contributed by atoms with van der Waals surface area (Å²) in [6.45, 7) is 4.57. The van der Waals surface area contributed by atoms with Gasteiger partial charge in [-0.05, 0) is 80.0 Å². The molecule has 4 aliphatic carbocycles. The summed E-state index contributed by atoms with van der Waals surface area (Å²) >= 11 is 0. The molecule has 7 atom stereocenters. The van der Waals surface area contributed by atoms with Crippen LogP contribution in [0, 0.1) is 34.5 Å². The normalized spacial score (nSPS) is 48.8. The second-order valence-electron chi connectivity index (χ2n) is 9.50. The number of carboxylic acids is 1. The van der Waals surface area contributed by atoms with Gasteiger partial charge < -0.3 is 10.2 Å². The topological polar surface area (TPSA) is 74.6 Å². The van der Waals surface area contributed by atoms with Crippen molar-refractivity contribution < 1.29 is 19.8 Å². The Balaban J connectivity index is 1.64. The summed E-state index contributed by atoms with van der Waals surface area (Å²) in [5.74, 6) is -0.482. The van der Waals surface area contributed by atoms with Gasteiger partial charge in [0.25, 0.3) is 0 Å². The molecule has 0 saturated heterocycles.